The number of hydrogen-bond acceptors (Lipinski definition) is 7. The summed E-state index contributed by atoms with van der Waals surface area (Å²) in [4.78, 5) is 0. The smallest absolute Gasteiger partial charge is 0.192 e. The van der Waals surface area contributed by atoms with Crippen LogP contribution in [-0.4, -0.2) is 69.4 Å². The van der Waals surface area contributed by atoms with Gasteiger partial charge in [-0.2, -0.15) is 0 Å². The molecule has 1 aliphatic rings. The summed E-state index contributed by atoms with van der Waals surface area (Å²) < 4.78 is 30.5. The molecule has 1 heterocycles. The molecule has 0 radical (unpaired) electrons. The van der Waals surface area contributed by atoms with E-state index < -0.39 is 38.8 Å². The maximum absolute atomic E-state index is 11.1. The van der Waals surface area contributed by atoms with E-state index in [1.165, 1.54) is 0 Å². The lowest BCUT2D eigenvalue weighted by atomic mass is 9.93. The summed E-state index contributed by atoms with van der Waals surface area (Å²) in [5.41, 5.74) is 2.05. The fourth-order valence-electron chi connectivity index (χ4n) is 4.11. The normalized spacial score (nSPS) is 24.7. The molecule has 7 nitrogen and oxygen atoms in total. The highest BCUT2D eigenvalue weighted by Crippen LogP contribution is 2.40. The molecule has 8 heteroatoms. The average molecular weight is 533 g/mol. The number of ether oxygens (including phenoxy) is 4. The highest BCUT2D eigenvalue weighted by molar-refractivity contribution is 6.74. The lowest BCUT2D eigenvalue weighted by Crippen LogP contribution is -2.63. The van der Waals surface area contributed by atoms with Gasteiger partial charge in [-0.1, -0.05) is 63.2 Å². The van der Waals surface area contributed by atoms with Crippen molar-refractivity contribution in [3.05, 3.63) is 65.7 Å². The van der Waals surface area contributed by atoms with Gasteiger partial charge in [-0.3, -0.25) is 0 Å². The second-order valence-corrected chi connectivity index (χ2v) is 15.9. The Morgan fingerprint density at radius 2 is 1.54 bits per heavy atom. The maximum Gasteiger partial charge on any atom is 0.192 e. The molecule has 37 heavy (non-hydrogen) atoms. The first-order valence-corrected chi connectivity index (χ1v) is 15.9. The molecule has 0 unspecified atom stereocenters. The zero-order valence-electron chi connectivity index (χ0n) is 23.1. The van der Waals surface area contributed by atoms with Gasteiger partial charge in [0.25, 0.3) is 0 Å². The Balaban J connectivity index is 1.74. The van der Waals surface area contributed by atoms with Gasteiger partial charge in [0.2, 0.25) is 0 Å². The van der Waals surface area contributed by atoms with Gasteiger partial charge in [0.05, 0.1) is 33.0 Å². The minimum absolute atomic E-state index is 0.0365. The van der Waals surface area contributed by atoms with Gasteiger partial charge in [0.1, 0.15) is 30.2 Å². The van der Waals surface area contributed by atoms with E-state index in [0.717, 1.165) is 16.9 Å². The van der Waals surface area contributed by atoms with Crippen molar-refractivity contribution in [3.63, 3.8) is 0 Å². The van der Waals surface area contributed by atoms with Crippen LogP contribution in [-0.2, 0) is 31.9 Å². The Morgan fingerprint density at radius 1 is 0.892 bits per heavy atom. The monoisotopic (exact) mass is 532 g/mol. The average Bonchev–Trinajstić information content (AvgIpc) is 2.87. The third-order valence-corrected chi connectivity index (χ3v) is 11.9. The molecule has 3 rings (SSSR count). The van der Waals surface area contributed by atoms with Crippen LogP contribution in [0.2, 0.25) is 18.1 Å². The number of benzene rings is 2. The number of methoxy groups -OCH3 is 1. The van der Waals surface area contributed by atoms with Crippen molar-refractivity contribution in [1.29, 1.82) is 0 Å². The van der Waals surface area contributed by atoms with Gasteiger partial charge in [0, 0.05) is 6.61 Å². The van der Waals surface area contributed by atoms with Gasteiger partial charge in [-0.25, -0.2) is 0 Å². The molecule has 206 valence electrons. The van der Waals surface area contributed by atoms with Crippen molar-refractivity contribution in [2.45, 2.75) is 89.1 Å². The number of rotatable bonds is 12. The van der Waals surface area contributed by atoms with Gasteiger partial charge < -0.3 is 33.6 Å². The predicted octanol–water partition coefficient (Wildman–Crippen LogP) is 4.70. The van der Waals surface area contributed by atoms with E-state index in [-0.39, 0.29) is 11.6 Å². The molecular formula is C29H44O7Si. The van der Waals surface area contributed by atoms with Gasteiger partial charge in [-0.05, 0) is 47.8 Å². The zero-order valence-corrected chi connectivity index (χ0v) is 24.1. The lowest BCUT2D eigenvalue weighted by molar-refractivity contribution is -0.243. The molecule has 0 aliphatic carbocycles. The van der Waals surface area contributed by atoms with E-state index in [9.17, 15) is 10.2 Å². The summed E-state index contributed by atoms with van der Waals surface area (Å²) >= 11 is 0. The Hall–Kier alpha value is -1.78. The standard InChI is InChI=1S/C29H44O7Si/c1-29(2,3)37(5,6)36-27-24(16-17-33-19-22-12-14-23(32-4)15-13-22)35-25(18-30)26(31)28(27)34-20-21-10-8-7-9-11-21/h7-15,24-28,30-31H,16-20H2,1-6H3/t24-,25+,26+,27-,28+/m0/s1. The first kappa shape index (κ1) is 29.8. The summed E-state index contributed by atoms with van der Waals surface area (Å²) in [6, 6.07) is 17.6. The van der Waals surface area contributed by atoms with Gasteiger partial charge in [0.15, 0.2) is 8.32 Å². The van der Waals surface area contributed by atoms with Crippen LogP contribution in [0.25, 0.3) is 0 Å². The molecule has 2 aromatic carbocycles. The minimum atomic E-state index is -2.24. The summed E-state index contributed by atoms with van der Waals surface area (Å²) in [6.07, 6.45) is -2.76. The molecule has 0 bridgehead atoms. The Morgan fingerprint density at radius 3 is 2.14 bits per heavy atom. The minimum Gasteiger partial charge on any atom is -0.497 e. The summed E-state index contributed by atoms with van der Waals surface area (Å²) in [7, 11) is -0.597. The van der Waals surface area contributed by atoms with Gasteiger partial charge >= 0.3 is 0 Å². The second-order valence-electron chi connectivity index (χ2n) is 11.2. The van der Waals surface area contributed by atoms with Crippen molar-refractivity contribution in [2.75, 3.05) is 20.3 Å². The third kappa shape index (κ3) is 8.10. The Labute approximate surface area is 222 Å². The van der Waals surface area contributed by atoms with Crippen LogP contribution in [0.3, 0.4) is 0 Å². The number of aliphatic hydroxyl groups excluding tert-OH is 2. The van der Waals surface area contributed by atoms with Crippen LogP contribution in [0.15, 0.2) is 54.6 Å². The van der Waals surface area contributed by atoms with E-state index in [1.54, 1.807) is 7.11 Å². The largest absolute Gasteiger partial charge is 0.497 e. The molecule has 2 N–H and O–H groups in total. The number of hydrogen-bond donors (Lipinski definition) is 2. The Bertz CT molecular complexity index is 930. The van der Waals surface area contributed by atoms with E-state index in [4.69, 9.17) is 23.4 Å². The molecule has 1 aliphatic heterocycles. The topological polar surface area (TPSA) is 86.6 Å². The predicted molar refractivity (Wildman–Crippen MR) is 146 cm³/mol. The van der Waals surface area contributed by atoms with Crippen LogP contribution in [0.4, 0.5) is 0 Å². The SMILES string of the molecule is COc1ccc(COCC[C@@H]2O[C@H](CO)[C@@H](O)[C@@H](OCc3ccccc3)[C@H]2O[Si](C)(C)C(C)(C)C)cc1. The van der Waals surface area contributed by atoms with Crippen molar-refractivity contribution < 1.29 is 33.6 Å². The molecule has 0 saturated carbocycles. The van der Waals surface area contributed by atoms with E-state index in [1.807, 2.05) is 54.6 Å². The molecular weight excluding hydrogens is 488 g/mol. The van der Waals surface area contributed by atoms with Crippen LogP contribution in [0, 0.1) is 0 Å². The van der Waals surface area contributed by atoms with E-state index in [0.29, 0.717) is 26.2 Å². The molecule has 0 spiro atoms. The molecule has 0 aromatic heterocycles. The fraction of sp³-hybridized carbons (Fsp3) is 0.586. The van der Waals surface area contributed by atoms with Crippen LogP contribution < -0.4 is 4.74 Å². The number of aliphatic hydroxyl groups is 2. The lowest BCUT2D eigenvalue weighted by Gasteiger charge is -2.49. The van der Waals surface area contributed by atoms with E-state index in [2.05, 4.69) is 33.9 Å². The quantitative estimate of drug-likeness (QED) is 0.303. The van der Waals surface area contributed by atoms with Crippen LogP contribution in [0.5, 0.6) is 5.75 Å². The van der Waals surface area contributed by atoms with Crippen LogP contribution in [0.1, 0.15) is 38.3 Å². The third-order valence-electron chi connectivity index (χ3n) is 7.43. The molecule has 0 amide bonds. The molecule has 1 fully saturated rings. The van der Waals surface area contributed by atoms with Crippen molar-refractivity contribution >= 4 is 8.32 Å². The Kier molecular flexibility index (Phi) is 10.7. The highest BCUT2D eigenvalue weighted by atomic mass is 28.4. The first-order chi connectivity index (χ1) is 17.6. The second kappa shape index (κ2) is 13.3. The molecule has 1 saturated heterocycles. The van der Waals surface area contributed by atoms with Gasteiger partial charge in [-0.15, -0.1) is 0 Å². The zero-order chi connectivity index (χ0) is 27.1. The summed E-state index contributed by atoms with van der Waals surface area (Å²) in [5.74, 6) is 0.806. The van der Waals surface area contributed by atoms with E-state index >= 15 is 0 Å². The highest BCUT2D eigenvalue weighted by Gasteiger charge is 2.50. The first-order valence-electron chi connectivity index (χ1n) is 13.0. The van der Waals surface area contributed by atoms with Crippen molar-refractivity contribution in [3.8, 4) is 5.75 Å². The van der Waals surface area contributed by atoms with Crippen molar-refractivity contribution in [1.82, 2.24) is 0 Å². The summed E-state index contributed by atoms with van der Waals surface area (Å²) in [5, 5.41) is 21.1. The fourth-order valence-corrected chi connectivity index (χ4v) is 5.43. The van der Waals surface area contributed by atoms with Crippen LogP contribution >= 0.6 is 0 Å². The summed E-state index contributed by atoms with van der Waals surface area (Å²) in [6.45, 7) is 11.8. The molecule has 2 aromatic rings. The van der Waals surface area contributed by atoms with Crippen molar-refractivity contribution in [2.24, 2.45) is 0 Å². The maximum atomic E-state index is 11.1. The molecule has 5 atom stereocenters.